The lowest BCUT2D eigenvalue weighted by Crippen LogP contribution is -2.35. The summed E-state index contributed by atoms with van der Waals surface area (Å²) in [5.74, 6) is -0.402. The molecule has 0 saturated carbocycles. The van der Waals surface area contributed by atoms with E-state index in [1.54, 1.807) is 6.92 Å². The molecule has 0 unspecified atom stereocenters. The Bertz CT molecular complexity index is 418. The predicted octanol–water partition coefficient (Wildman–Crippen LogP) is 1.13. The third-order valence-corrected chi connectivity index (χ3v) is 2.26. The van der Waals surface area contributed by atoms with Crippen LogP contribution in [-0.2, 0) is 4.79 Å². The highest BCUT2D eigenvalue weighted by molar-refractivity contribution is 5.95. The number of nitrogens with zero attached hydrogens (tertiary/aromatic N) is 2. The summed E-state index contributed by atoms with van der Waals surface area (Å²) in [6.45, 7) is 7.24. The molecule has 0 spiro atoms. The molecule has 1 heterocycles. The maximum atomic E-state index is 11.6. The lowest BCUT2D eigenvalue weighted by Gasteiger charge is -2.16. The van der Waals surface area contributed by atoms with E-state index in [1.165, 1.54) is 12.4 Å². The number of carbonyl (C=O) groups is 2. The molecule has 1 N–H and O–H groups in total. The first-order valence-corrected chi connectivity index (χ1v) is 5.41. The first-order chi connectivity index (χ1) is 7.80. The summed E-state index contributed by atoms with van der Waals surface area (Å²) in [5.41, 5.74) is 0.510. The van der Waals surface area contributed by atoms with E-state index in [2.05, 4.69) is 15.3 Å². The fourth-order valence-electron chi connectivity index (χ4n) is 1.03. The Balaban J connectivity index is 2.56. The second-order valence-corrected chi connectivity index (χ2v) is 4.90. The van der Waals surface area contributed by atoms with E-state index in [4.69, 9.17) is 0 Å². The number of hydrogen-bond donors (Lipinski definition) is 1. The van der Waals surface area contributed by atoms with Crippen molar-refractivity contribution >= 4 is 11.7 Å². The molecule has 0 saturated heterocycles. The van der Waals surface area contributed by atoms with Crippen molar-refractivity contribution in [2.24, 2.45) is 5.41 Å². The van der Waals surface area contributed by atoms with E-state index in [-0.39, 0.29) is 23.9 Å². The van der Waals surface area contributed by atoms with Crippen LogP contribution >= 0.6 is 0 Å². The quantitative estimate of drug-likeness (QED) is 0.852. The molecular weight excluding hydrogens is 218 g/mol. The van der Waals surface area contributed by atoms with Crippen LogP contribution in [0.5, 0.6) is 0 Å². The maximum absolute atomic E-state index is 11.6. The second-order valence-electron chi connectivity index (χ2n) is 4.90. The van der Waals surface area contributed by atoms with Gasteiger partial charge in [-0.1, -0.05) is 20.8 Å². The van der Waals surface area contributed by atoms with Crippen LogP contribution in [0.2, 0.25) is 0 Å². The molecule has 5 nitrogen and oxygen atoms in total. The third kappa shape index (κ3) is 3.94. The Hall–Kier alpha value is -1.78. The molecule has 92 valence electrons. The van der Waals surface area contributed by atoms with Crippen LogP contribution in [0.4, 0.5) is 0 Å². The SMILES string of the molecule is Cc1cnc(C(=O)NCC(=O)C(C)(C)C)cn1. The highest BCUT2D eigenvalue weighted by Gasteiger charge is 2.21. The molecule has 0 fully saturated rings. The summed E-state index contributed by atoms with van der Waals surface area (Å²) in [6, 6.07) is 0. The van der Waals surface area contributed by atoms with Crippen molar-refractivity contribution in [1.82, 2.24) is 15.3 Å². The number of aryl methyl sites for hydroxylation is 1. The second kappa shape index (κ2) is 5.03. The molecular formula is C12H17N3O2. The monoisotopic (exact) mass is 235 g/mol. The minimum atomic E-state index is -0.452. The number of nitrogens with one attached hydrogen (secondary N) is 1. The van der Waals surface area contributed by atoms with Gasteiger partial charge in [0, 0.05) is 11.6 Å². The average Bonchev–Trinajstić information content (AvgIpc) is 2.25. The molecule has 5 heteroatoms. The van der Waals surface area contributed by atoms with E-state index in [0.717, 1.165) is 5.69 Å². The van der Waals surface area contributed by atoms with Crippen LogP contribution in [-0.4, -0.2) is 28.2 Å². The topological polar surface area (TPSA) is 72.0 Å². The Labute approximate surface area is 101 Å². The van der Waals surface area contributed by atoms with Crippen molar-refractivity contribution in [3.63, 3.8) is 0 Å². The van der Waals surface area contributed by atoms with Crippen molar-refractivity contribution in [2.75, 3.05) is 6.54 Å². The minimum absolute atomic E-state index is 0.0118. The van der Waals surface area contributed by atoms with Crippen molar-refractivity contribution in [2.45, 2.75) is 27.7 Å². The Morgan fingerprint density at radius 3 is 2.35 bits per heavy atom. The average molecular weight is 235 g/mol. The van der Waals surface area contributed by atoms with Gasteiger partial charge >= 0.3 is 0 Å². The summed E-state index contributed by atoms with van der Waals surface area (Å²) in [6.07, 6.45) is 2.91. The molecule has 0 aliphatic rings. The third-order valence-electron chi connectivity index (χ3n) is 2.26. The van der Waals surface area contributed by atoms with Crippen molar-refractivity contribution in [3.8, 4) is 0 Å². The van der Waals surface area contributed by atoms with Crippen molar-refractivity contribution in [3.05, 3.63) is 23.8 Å². The number of Topliss-reactive ketones (excluding diaryl/α,β-unsaturated/α-hetero) is 1. The first kappa shape index (κ1) is 13.3. The smallest absolute Gasteiger partial charge is 0.271 e. The van der Waals surface area contributed by atoms with Gasteiger partial charge in [-0.3, -0.25) is 14.6 Å². The van der Waals surface area contributed by atoms with Gasteiger partial charge in [-0.25, -0.2) is 4.98 Å². The molecule has 1 aromatic heterocycles. The van der Waals surface area contributed by atoms with Gasteiger partial charge in [0.1, 0.15) is 5.69 Å². The van der Waals surface area contributed by atoms with E-state index in [1.807, 2.05) is 20.8 Å². The molecule has 0 radical (unpaired) electrons. The molecule has 0 bridgehead atoms. The van der Waals surface area contributed by atoms with Crippen LogP contribution in [0.1, 0.15) is 37.0 Å². The molecule has 17 heavy (non-hydrogen) atoms. The lowest BCUT2D eigenvalue weighted by atomic mass is 9.91. The number of aromatic nitrogens is 2. The van der Waals surface area contributed by atoms with Gasteiger partial charge in [-0.2, -0.15) is 0 Å². The van der Waals surface area contributed by atoms with Gasteiger partial charge in [0.2, 0.25) is 0 Å². The van der Waals surface area contributed by atoms with Crippen molar-refractivity contribution < 1.29 is 9.59 Å². The van der Waals surface area contributed by atoms with E-state index in [0.29, 0.717) is 0 Å². The molecule has 0 aromatic carbocycles. The van der Waals surface area contributed by atoms with Gasteiger partial charge in [0.05, 0.1) is 18.4 Å². The molecule has 1 rings (SSSR count). The minimum Gasteiger partial charge on any atom is -0.344 e. The fraction of sp³-hybridized carbons (Fsp3) is 0.500. The molecule has 1 aromatic rings. The Kier molecular flexibility index (Phi) is 3.93. The largest absolute Gasteiger partial charge is 0.344 e. The number of carbonyl (C=O) groups excluding carboxylic acids is 2. The molecule has 0 aliphatic heterocycles. The van der Waals surface area contributed by atoms with E-state index in [9.17, 15) is 9.59 Å². The van der Waals surface area contributed by atoms with Gasteiger partial charge < -0.3 is 5.32 Å². The highest BCUT2D eigenvalue weighted by Crippen LogP contribution is 2.13. The van der Waals surface area contributed by atoms with E-state index < -0.39 is 5.41 Å². The zero-order valence-electron chi connectivity index (χ0n) is 10.6. The highest BCUT2D eigenvalue weighted by atomic mass is 16.2. The zero-order chi connectivity index (χ0) is 13.1. The summed E-state index contributed by atoms with van der Waals surface area (Å²) in [5, 5.41) is 2.53. The van der Waals surface area contributed by atoms with Gasteiger partial charge in [0.15, 0.2) is 5.78 Å². The summed E-state index contributed by atoms with van der Waals surface area (Å²) >= 11 is 0. The number of rotatable bonds is 3. The number of ketones is 1. The lowest BCUT2D eigenvalue weighted by molar-refractivity contribution is -0.125. The van der Waals surface area contributed by atoms with Crippen LogP contribution in [0, 0.1) is 12.3 Å². The molecule has 0 atom stereocenters. The molecule has 0 aliphatic carbocycles. The summed E-state index contributed by atoms with van der Waals surface area (Å²) < 4.78 is 0. The first-order valence-electron chi connectivity index (χ1n) is 5.41. The number of hydrogen-bond acceptors (Lipinski definition) is 4. The maximum Gasteiger partial charge on any atom is 0.271 e. The Morgan fingerprint density at radius 2 is 1.88 bits per heavy atom. The standard InChI is InChI=1S/C12H17N3O2/c1-8-5-14-9(6-13-8)11(17)15-7-10(16)12(2,3)4/h5-6H,7H2,1-4H3,(H,15,17). The van der Waals surface area contributed by atoms with Crippen LogP contribution in [0.3, 0.4) is 0 Å². The normalized spacial score (nSPS) is 11.1. The number of amides is 1. The predicted molar refractivity (Wildman–Crippen MR) is 63.6 cm³/mol. The summed E-state index contributed by atoms with van der Waals surface area (Å²) in [7, 11) is 0. The molecule has 1 amide bonds. The van der Waals surface area contributed by atoms with Gasteiger partial charge in [-0.05, 0) is 6.92 Å². The van der Waals surface area contributed by atoms with Crippen LogP contribution in [0.15, 0.2) is 12.4 Å². The van der Waals surface area contributed by atoms with E-state index >= 15 is 0 Å². The van der Waals surface area contributed by atoms with Gasteiger partial charge in [0.25, 0.3) is 5.91 Å². The summed E-state index contributed by atoms with van der Waals surface area (Å²) in [4.78, 5) is 31.1. The van der Waals surface area contributed by atoms with Crippen LogP contribution < -0.4 is 5.32 Å². The van der Waals surface area contributed by atoms with Gasteiger partial charge in [-0.15, -0.1) is 0 Å². The van der Waals surface area contributed by atoms with Crippen LogP contribution in [0.25, 0.3) is 0 Å². The Morgan fingerprint density at radius 1 is 1.24 bits per heavy atom. The zero-order valence-corrected chi connectivity index (χ0v) is 10.6. The van der Waals surface area contributed by atoms with Crippen molar-refractivity contribution in [1.29, 1.82) is 0 Å². The fourth-order valence-corrected chi connectivity index (χ4v) is 1.03.